The minimum atomic E-state index is -0.844. The Morgan fingerprint density at radius 3 is 2.50 bits per heavy atom. The average molecular weight is 253 g/mol. The van der Waals surface area contributed by atoms with Gasteiger partial charge in [0.25, 0.3) is 0 Å². The number of hydrogen-bond donors (Lipinski definition) is 1. The van der Waals surface area contributed by atoms with E-state index in [2.05, 4.69) is 0 Å². The summed E-state index contributed by atoms with van der Waals surface area (Å²) in [6.07, 6.45) is 0.0341. The molecule has 1 unspecified atom stereocenters. The van der Waals surface area contributed by atoms with Crippen molar-refractivity contribution in [3.05, 3.63) is 35.6 Å². The molecule has 100 valence electrons. The zero-order valence-corrected chi connectivity index (χ0v) is 11.3. The van der Waals surface area contributed by atoms with Gasteiger partial charge in [-0.3, -0.25) is 4.79 Å². The first kappa shape index (κ1) is 14.6. The number of carbonyl (C=O) groups is 1. The predicted molar refractivity (Wildman–Crippen MR) is 68.9 cm³/mol. The van der Waals surface area contributed by atoms with Crippen LogP contribution in [0.15, 0.2) is 24.3 Å². The van der Waals surface area contributed by atoms with Gasteiger partial charge in [0.05, 0.1) is 6.42 Å². The van der Waals surface area contributed by atoms with Crippen LogP contribution in [-0.4, -0.2) is 30.1 Å². The number of nitrogens with zero attached hydrogens (tertiary/aromatic N) is 1. The maximum absolute atomic E-state index is 13.3. The fraction of sp³-hybridized carbons (Fsp3) is 0.500. The Labute approximate surface area is 107 Å². The molecule has 18 heavy (non-hydrogen) atoms. The van der Waals surface area contributed by atoms with Crippen molar-refractivity contribution < 1.29 is 14.3 Å². The summed E-state index contributed by atoms with van der Waals surface area (Å²) in [5.74, 6) is -1.14. The minimum Gasteiger partial charge on any atom is -0.481 e. The van der Waals surface area contributed by atoms with Crippen LogP contribution in [0.4, 0.5) is 4.39 Å². The monoisotopic (exact) mass is 253 g/mol. The van der Waals surface area contributed by atoms with Crippen molar-refractivity contribution in [1.82, 2.24) is 4.90 Å². The van der Waals surface area contributed by atoms with E-state index in [1.54, 1.807) is 6.07 Å². The molecule has 0 aromatic heterocycles. The lowest BCUT2D eigenvalue weighted by Crippen LogP contribution is -2.35. The van der Waals surface area contributed by atoms with Gasteiger partial charge in [-0.2, -0.15) is 0 Å². The van der Waals surface area contributed by atoms with Crippen molar-refractivity contribution in [2.24, 2.45) is 5.41 Å². The molecule has 1 rings (SSSR count). The van der Waals surface area contributed by atoms with Gasteiger partial charge in [0.2, 0.25) is 0 Å². The summed E-state index contributed by atoms with van der Waals surface area (Å²) in [5.41, 5.74) is 0.314. The molecular weight excluding hydrogens is 233 g/mol. The zero-order valence-electron chi connectivity index (χ0n) is 11.3. The van der Waals surface area contributed by atoms with Gasteiger partial charge in [0, 0.05) is 6.04 Å². The van der Waals surface area contributed by atoms with Crippen LogP contribution in [0.25, 0.3) is 0 Å². The van der Waals surface area contributed by atoms with E-state index in [0.29, 0.717) is 0 Å². The number of carboxylic acids is 1. The van der Waals surface area contributed by atoms with Crippen molar-refractivity contribution in [3.8, 4) is 0 Å². The molecule has 1 atom stereocenters. The number of carboxylic acid groups (broad SMARTS) is 1. The standard InChI is InChI=1S/C14H20FNO2/c1-14(2,9-12(17)18)13(16(3)4)10-6-5-7-11(15)8-10/h5-8,13H,9H2,1-4H3,(H,17,18). The average Bonchev–Trinajstić information content (AvgIpc) is 2.13. The number of rotatable bonds is 5. The minimum absolute atomic E-state index is 0.0341. The van der Waals surface area contributed by atoms with E-state index in [-0.39, 0.29) is 18.3 Å². The van der Waals surface area contributed by atoms with Gasteiger partial charge in [-0.1, -0.05) is 26.0 Å². The summed E-state index contributed by atoms with van der Waals surface area (Å²) in [7, 11) is 3.75. The lowest BCUT2D eigenvalue weighted by Gasteiger charge is -2.38. The Bertz CT molecular complexity index is 430. The van der Waals surface area contributed by atoms with E-state index < -0.39 is 11.4 Å². The van der Waals surface area contributed by atoms with Crippen LogP contribution in [0, 0.1) is 11.2 Å². The second-order valence-corrected chi connectivity index (χ2v) is 5.48. The summed E-state index contributed by atoms with van der Waals surface area (Å²) in [4.78, 5) is 12.9. The number of benzene rings is 1. The molecule has 0 saturated heterocycles. The van der Waals surface area contributed by atoms with E-state index in [4.69, 9.17) is 5.11 Å². The van der Waals surface area contributed by atoms with E-state index in [1.165, 1.54) is 12.1 Å². The highest BCUT2D eigenvalue weighted by molar-refractivity contribution is 5.67. The van der Waals surface area contributed by atoms with Crippen LogP contribution in [0.1, 0.15) is 31.9 Å². The molecular formula is C14H20FNO2. The SMILES string of the molecule is CN(C)C(c1cccc(F)c1)C(C)(C)CC(=O)O. The summed E-state index contributed by atoms with van der Waals surface area (Å²) in [6.45, 7) is 3.77. The molecule has 3 nitrogen and oxygen atoms in total. The molecule has 4 heteroatoms. The molecule has 0 heterocycles. The molecule has 0 amide bonds. The fourth-order valence-corrected chi connectivity index (χ4v) is 2.61. The summed E-state index contributed by atoms with van der Waals surface area (Å²) >= 11 is 0. The molecule has 0 fully saturated rings. The first-order valence-corrected chi connectivity index (χ1v) is 5.88. The lowest BCUT2D eigenvalue weighted by molar-refractivity contribution is -0.140. The Hall–Kier alpha value is -1.42. The van der Waals surface area contributed by atoms with Crippen molar-refractivity contribution in [2.75, 3.05) is 14.1 Å². The summed E-state index contributed by atoms with van der Waals surface area (Å²) < 4.78 is 13.3. The van der Waals surface area contributed by atoms with Crippen molar-refractivity contribution >= 4 is 5.97 Å². The predicted octanol–water partition coefficient (Wildman–Crippen LogP) is 2.93. The highest BCUT2D eigenvalue weighted by Crippen LogP contribution is 2.39. The van der Waals surface area contributed by atoms with Gasteiger partial charge in [0.1, 0.15) is 5.82 Å². The van der Waals surface area contributed by atoms with Crippen molar-refractivity contribution in [3.63, 3.8) is 0 Å². The zero-order chi connectivity index (χ0) is 13.9. The van der Waals surface area contributed by atoms with E-state index in [9.17, 15) is 9.18 Å². The van der Waals surface area contributed by atoms with Gasteiger partial charge in [0.15, 0.2) is 0 Å². The summed E-state index contributed by atoms with van der Waals surface area (Å²) in [6, 6.07) is 6.19. The van der Waals surface area contributed by atoms with Crippen LogP contribution in [0.3, 0.4) is 0 Å². The third kappa shape index (κ3) is 3.53. The van der Waals surface area contributed by atoms with Crippen molar-refractivity contribution in [1.29, 1.82) is 0 Å². The molecule has 0 aliphatic heterocycles. The molecule has 1 aromatic carbocycles. The smallest absolute Gasteiger partial charge is 0.303 e. The molecule has 0 bridgehead atoms. The quantitative estimate of drug-likeness (QED) is 0.877. The second-order valence-electron chi connectivity index (χ2n) is 5.48. The molecule has 0 radical (unpaired) electrons. The van der Waals surface area contributed by atoms with E-state index in [0.717, 1.165) is 5.56 Å². The summed E-state index contributed by atoms with van der Waals surface area (Å²) in [5, 5.41) is 8.99. The van der Waals surface area contributed by atoms with Gasteiger partial charge in [-0.25, -0.2) is 4.39 Å². The normalized spacial score (nSPS) is 13.7. The maximum Gasteiger partial charge on any atom is 0.303 e. The topological polar surface area (TPSA) is 40.5 Å². The molecule has 0 saturated carbocycles. The Morgan fingerprint density at radius 2 is 2.06 bits per heavy atom. The first-order chi connectivity index (χ1) is 8.24. The van der Waals surface area contributed by atoms with Gasteiger partial charge < -0.3 is 10.0 Å². The van der Waals surface area contributed by atoms with Gasteiger partial charge >= 0.3 is 5.97 Å². The number of aliphatic carboxylic acids is 1. The molecule has 0 aliphatic carbocycles. The van der Waals surface area contributed by atoms with E-state index >= 15 is 0 Å². The third-order valence-electron chi connectivity index (χ3n) is 3.03. The second kappa shape index (κ2) is 5.48. The van der Waals surface area contributed by atoms with Crippen LogP contribution in [0.2, 0.25) is 0 Å². The highest BCUT2D eigenvalue weighted by Gasteiger charge is 2.34. The van der Waals surface area contributed by atoms with Crippen LogP contribution >= 0.6 is 0 Å². The molecule has 0 aliphatic rings. The maximum atomic E-state index is 13.3. The largest absolute Gasteiger partial charge is 0.481 e. The molecule has 1 N–H and O–H groups in total. The first-order valence-electron chi connectivity index (χ1n) is 5.88. The number of hydrogen-bond acceptors (Lipinski definition) is 2. The molecule has 1 aromatic rings. The fourth-order valence-electron chi connectivity index (χ4n) is 2.61. The van der Waals surface area contributed by atoms with Crippen LogP contribution < -0.4 is 0 Å². The van der Waals surface area contributed by atoms with Gasteiger partial charge in [-0.15, -0.1) is 0 Å². The highest BCUT2D eigenvalue weighted by atomic mass is 19.1. The Balaban J connectivity index is 3.14. The number of halogens is 1. The van der Waals surface area contributed by atoms with Gasteiger partial charge in [-0.05, 0) is 37.2 Å². The third-order valence-corrected chi connectivity index (χ3v) is 3.03. The lowest BCUT2D eigenvalue weighted by atomic mass is 9.77. The van der Waals surface area contributed by atoms with E-state index in [1.807, 2.05) is 38.9 Å². The Morgan fingerprint density at radius 1 is 1.44 bits per heavy atom. The van der Waals surface area contributed by atoms with Crippen LogP contribution in [-0.2, 0) is 4.79 Å². The Kier molecular flexibility index (Phi) is 4.46. The van der Waals surface area contributed by atoms with Crippen molar-refractivity contribution in [2.45, 2.75) is 26.3 Å². The molecule has 0 spiro atoms. The van der Waals surface area contributed by atoms with Crippen LogP contribution in [0.5, 0.6) is 0 Å².